The average Bonchev–Trinajstić information content (AvgIpc) is 2.21. The number of hydrogen-bond acceptors (Lipinski definition) is 2. The van der Waals surface area contributed by atoms with Crippen molar-refractivity contribution >= 4 is 11.6 Å². The van der Waals surface area contributed by atoms with Crippen molar-refractivity contribution in [3.05, 3.63) is 28.3 Å². The topological polar surface area (TPSA) is 21.3 Å². The van der Waals surface area contributed by atoms with Gasteiger partial charge >= 0.3 is 0 Å². The van der Waals surface area contributed by atoms with Gasteiger partial charge < -0.3 is 10.1 Å². The fraction of sp³-hybridized carbons (Fsp3) is 0.400. The molecule has 0 aliphatic heterocycles. The first-order valence-corrected chi connectivity index (χ1v) is 4.93. The van der Waals surface area contributed by atoms with Crippen LogP contribution in [0.1, 0.15) is 12.5 Å². The number of nitrogens with one attached hydrogen (secondary N) is 1. The van der Waals surface area contributed by atoms with Crippen LogP contribution in [0.5, 0.6) is 5.75 Å². The third kappa shape index (κ3) is 2.58. The summed E-state index contributed by atoms with van der Waals surface area (Å²) in [6.07, 6.45) is 0. The lowest BCUT2D eigenvalue weighted by Crippen LogP contribution is -2.09. The van der Waals surface area contributed by atoms with E-state index in [0.717, 1.165) is 6.07 Å². The van der Waals surface area contributed by atoms with Crippen molar-refractivity contribution in [2.45, 2.75) is 13.5 Å². The van der Waals surface area contributed by atoms with Crippen molar-refractivity contribution in [1.29, 1.82) is 0 Å². The van der Waals surface area contributed by atoms with Crippen LogP contribution in [0.3, 0.4) is 0 Å². The molecular weight excluding hydrogens is 224 g/mol. The van der Waals surface area contributed by atoms with Crippen LogP contribution in [-0.2, 0) is 6.54 Å². The van der Waals surface area contributed by atoms with Gasteiger partial charge in [0.15, 0.2) is 11.6 Å². The summed E-state index contributed by atoms with van der Waals surface area (Å²) in [7, 11) is 1.70. The van der Waals surface area contributed by atoms with Crippen molar-refractivity contribution in [1.82, 2.24) is 5.32 Å². The maximum Gasteiger partial charge on any atom is 0.181 e. The van der Waals surface area contributed by atoms with Crippen LogP contribution in [0, 0.1) is 11.6 Å². The fourth-order valence-corrected chi connectivity index (χ4v) is 1.52. The first-order chi connectivity index (χ1) is 7.11. The second kappa shape index (κ2) is 5.28. The van der Waals surface area contributed by atoms with E-state index < -0.39 is 11.6 Å². The molecule has 0 spiro atoms. The summed E-state index contributed by atoms with van der Waals surface area (Å²) in [5, 5.41) is 2.53. The lowest BCUT2D eigenvalue weighted by molar-refractivity contribution is 0.332. The van der Waals surface area contributed by atoms with E-state index in [0.29, 0.717) is 18.7 Å². The molecule has 0 saturated heterocycles. The molecule has 5 heteroatoms. The molecule has 1 aromatic carbocycles. The largest absolute Gasteiger partial charge is 0.492 e. The predicted octanol–water partition coefficient (Wildman–Crippen LogP) is 2.74. The van der Waals surface area contributed by atoms with Gasteiger partial charge in [0.25, 0.3) is 0 Å². The van der Waals surface area contributed by atoms with Crippen molar-refractivity contribution in [2.75, 3.05) is 13.7 Å². The van der Waals surface area contributed by atoms with Crippen LogP contribution in [0.25, 0.3) is 0 Å². The molecule has 0 aliphatic rings. The van der Waals surface area contributed by atoms with Crippen LogP contribution in [0.2, 0.25) is 5.02 Å². The summed E-state index contributed by atoms with van der Waals surface area (Å²) in [6, 6.07) is 1.09. The second-order valence-corrected chi connectivity index (χ2v) is 3.32. The molecule has 1 rings (SSSR count). The van der Waals surface area contributed by atoms with Gasteiger partial charge in [-0.15, -0.1) is 0 Å². The molecule has 0 aliphatic carbocycles. The summed E-state index contributed by atoms with van der Waals surface area (Å²) in [5.74, 6) is -1.83. The molecule has 0 saturated carbocycles. The minimum absolute atomic E-state index is 0.201. The molecule has 0 radical (unpaired) electrons. The highest BCUT2D eigenvalue weighted by molar-refractivity contribution is 6.32. The van der Waals surface area contributed by atoms with Crippen LogP contribution in [0.15, 0.2) is 6.07 Å². The van der Waals surface area contributed by atoms with Crippen LogP contribution < -0.4 is 10.1 Å². The Morgan fingerprint density at radius 2 is 2.13 bits per heavy atom. The monoisotopic (exact) mass is 235 g/mol. The smallest absolute Gasteiger partial charge is 0.181 e. The maximum atomic E-state index is 13.1. The highest BCUT2D eigenvalue weighted by Crippen LogP contribution is 2.33. The molecule has 0 bridgehead atoms. The molecule has 15 heavy (non-hydrogen) atoms. The molecule has 0 amide bonds. The van der Waals surface area contributed by atoms with Gasteiger partial charge in [-0.05, 0) is 20.0 Å². The zero-order valence-electron chi connectivity index (χ0n) is 8.53. The summed E-state index contributed by atoms with van der Waals surface area (Å²) >= 11 is 5.65. The van der Waals surface area contributed by atoms with Gasteiger partial charge in [0.2, 0.25) is 0 Å². The first kappa shape index (κ1) is 12.2. The molecule has 0 heterocycles. The lowest BCUT2D eigenvalue weighted by atomic mass is 10.2. The Kier molecular flexibility index (Phi) is 4.29. The van der Waals surface area contributed by atoms with Crippen LogP contribution in [-0.4, -0.2) is 13.7 Å². The Balaban J connectivity index is 3.23. The zero-order chi connectivity index (χ0) is 11.4. The number of halogens is 3. The Hall–Kier alpha value is -0.870. The number of rotatable bonds is 4. The third-order valence-corrected chi connectivity index (χ3v) is 2.19. The third-order valence-electron chi connectivity index (χ3n) is 1.85. The van der Waals surface area contributed by atoms with E-state index in [4.69, 9.17) is 16.3 Å². The van der Waals surface area contributed by atoms with E-state index in [2.05, 4.69) is 5.32 Å². The van der Waals surface area contributed by atoms with Gasteiger partial charge in [-0.3, -0.25) is 0 Å². The summed E-state index contributed by atoms with van der Waals surface area (Å²) in [6.45, 7) is 2.47. The Bertz CT molecular complexity index is 358. The maximum absolute atomic E-state index is 13.1. The highest BCUT2D eigenvalue weighted by Gasteiger charge is 2.17. The van der Waals surface area contributed by atoms with E-state index in [1.165, 1.54) is 0 Å². The predicted molar refractivity (Wildman–Crippen MR) is 55.3 cm³/mol. The lowest BCUT2D eigenvalue weighted by Gasteiger charge is -2.12. The molecule has 1 N–H and O–H groups in total. The molecule has 0 aromatic heterocycles. The van der Waals surface area contributed by atoms with Crippen molar-refractivity contribution in [2.24, 2.45) is 0 Å². The second-order valence-electron chi connectivity index (χ2n) is 2.94. The quantitative estimate of drug-likeness (QED) is 0.811. The molecule has 1 aromatic rings. The fourth-order valence-electron chi connectivity index (χ4n) is 1.25. The van der Waals surface area contributed by atoms with Gasteiger partial charge in [-0.2, -0.15) is 0 Å². The van der Waals surface area contributed by atoms with Gasteiger partial charge in [0, 0.05) is 12.1 Å². The van der Waals surface area contributed by atoms with Gasteiger partial charge in [-0.1, -0.05) is 11.6 Å². The van der Waals surface area contributed by atoms with Crippen molar-refractivity contribution < 1.29 is 13.5 Å². The molecule has 0 fully saturated rings. The normalized spacial score (nSPS) is 10.5. The molecule has 84 valence electrons. The molecular formula is C10H12ClF2NO. The van der Waals surface area contributed by atoms with E-state index in [1.54, 1.807) is 14.0 Å². The number of benzene rings is 1. The van der Waals surface area contributed by atoms with Crippen molar-refractivity contribution in [3.63, 3.8) is 0 Å². The first-order valence-electron chi connectivity index (χ1n) is 4.55. The molecule has 2 nitrogen and oxygen atoms in total. The van der Waals surface area contributed by atoms with E-state index in [1.807, 2.05) is 0 Å². The minimum Gasteiger partial charge on any atom is -0.492 e. The molecule has 0 atom stereocenters. The van der Waals surface area contributed by atoms with E-state index >= 15 is 0 Å². The summed E-state index contributed by atoms with van der Waals surface area (Å²) in [5.41, 5.74) is 0.503. The minimum atomic E-state index is -1.07. The Morgan fingerprint density at radius 1 is 1.47 bits per heavy atom. The van der Waals surface area contributed by atoms with Crippen LogP contribution >= 0.6 is 11.6 Å². The van der Waals surface area contributed by atoms with Gasteiger partial charge in [0.1, 0.15) is 10.8 Å². The van der Waals surface area contributed by atoms with Gasteiger partial charge in [0.05, 0.1) is 6.61 Å². The highest BCUT2D eigenvalue weighted by atomic mass is 35.5. The zero-order valence-corrected chi connectivity index (χ0v) is 9.29. The molecule has 0 unspecified atom stereocenters. The number of hydrogen-bond donors (Lipinski definition) is 1. The SMILES string of the molecule is CCOc1c(CNC)cc(F)c(F)c1Cl. The Morgan fingerprint density at radius 3 is 2.67 bits per heavy atom. The van der Waals surface area contributed by atoms with E-state index in [9.17, 15) is 8.78 Å². The van der Waals surface area contributed by atoms with Crippen LogP contribution in [0.4, 0.5) is 8.78 Å². The Labute approximate surface area is 92.2 Å². The standard InChI is InChI=1S/C10H12ClF2NO/c1-3-15-10-6(5-14-2)4-7(12)9(13)8(10)11/h4,14H,3,5H2,1-2H3. The van der Waals surface area contributed by atoms with Gasteiger partial charge in [-0.25, -0.2) is 8.78 Å². The average molecular weight is 236 g/mol. The summed E-state index contributed by atoms with van der Waals surface area (Å²) in [4.78, 5) is 0. The number of ether oxygens (including phenoxy) is 1. The van der Waals surface area contributed by atoms with E-state index in [-0.39, 0.29) is 10.8 Å². The summed E-state index contributed by atoms with van der Waals surface area (Å²) < 4.78 is 31.3. The van der Waals surface area contributed by atoms with Crippen molar-refractivity contribution in [3.8, 4) is 5.75 Å².